The van der Waals surface area contributed by atoms with Crippen molar-refractivity contribution in [2.75, 3.05) is 11.5 Å². The molecule has 0 saturated carbocycles. The van der Waals surface area contributed by atoms with Crippen molar-refractivity contribution in [2.45, 2.75) is 18.2 Å². The van der Waals surface area contributed by atoms with Gasteiger partial charge in [0.25, 0.3) is 0 Å². The van der Waals surface area contributed by atoms with Gasteiger partial charge < -0.3 is 10.7 Å². The first-order valence-electron chi connectivity index (χ1n) is 6.81. The molecule has 1 heterocycles. The number of benzene rings is 2. The molecule has 0 fully saturated rings. The molecule has 21 heavy (non-hydrogen) atoms. The number of hydrogen-bond donors (Lipinski definition) is 2. The van der Waals surface area contributed by atoms with Gasteiger partial charge in [-0.25, -0.2) is 4.98 Å². The zero-order valence-corrected chi connectivity index (χ0v) is 12.6. The zero-order chi connectivity index (χ0) is 14.8. The van der Waals surface area contributed by atoms with Crippen LogP contribution >= 0.6 is 0 Å². The molecular weight excluding hydrogens is 282 g/mol. The SMILES string of the molecule is Cc1ccc(S(=O)CCc2nc3ccc(N)cc3[nH]2)cc1. The van der Waals surface area contributed by atoms with Gasteiger partial charge in [0.2, 0.25) is 0 Å². The highest BCUT2D eigenvalue weighted by Crippen LogP contribution is 2.16. The van der Waals surface area contributed by atoms with Crippen LogP contribution in [0.4, 0.5) is 5.69 Å². The molecule has 3 N–H and O–H groups in total. The lowest BCUT2D eigenvalue weighted by atomic mass is 10.2. The molecule has 3 aromatic rings. The average Bonchev–Trinajstić information content (AvgIpc) is 2.87. The number of aryl methyl sites for hydroxylation is 2. The van der Waals surface area contributed by atoms with Gasteiger partial charge in [0.1, 0.15) is 5.82 Å². The molecule has 0 radical (unpaired) electrons. The summed E-state index contributed by atoms with van der Waals surface area (Å²) >= 11 is 0. The van der Waals surface area contributed by atoms with Crippen LogP contribution in [0.2, 0.25) is 0 Å². The highest BCUT2D eigenvalue weighted by molar-refractivity contribution is 7.85. The Hall–Kier alpha value is -2.14. The predicted octanol–water partition coefficient (Wildman–Crippen LogP) is 2.80. The summed E-state index contributed by atoms with van der Waals surface area (Å²) in [6.45, 7) is 2.02. The second kappa shape index (κ2) is 5.69. The fourth-order valence-corrected chi connectivity index (χ4v) is 3.25. The molecule has 1 aromatic heterocycles. The molecule has 0 saturated heterocycles. The Balaban J connectivity index is 1.71. The van der Waals surface area contributed by atoms with Crippen LogP contribution in [-0.4, -0.2) is 19.9 Å². The van der Waals surface area contributed by atoms with E-state index in [4.69, 9.17) is 5.73 Å². The number of nitrogens with one attached hydrogen (secondary N) is 1. The molecule has 0 aliphatic heterocycles. The highest BCUT2D eigenvalue weighted by atomic mass is 32.2. The Morgan fingerprint density at radius 2 is 1.95 bits per heavy atom. The molecule has 1 atom stereocenters. The molecule has 1 unspecified atom stereocenters. The van der Waals surface area contributed by atoms with Crippen molar-refractivity contribution >= 4 is 27.5 Å². The van der Waals surface area contributed by atoms with E-state index in [0.717, 1.165) is 21.8 Å². The maximum Gasteiger partial charge on any atom is 0.108 e. The van der Waals surface area contributed by atoms with Gasteiger partial charge in [-0.05, 0) is 37.3 Å². The minimum absolute atomic E-state index is 0.554. The zero-order valence-electron chi connectivity index (χ0n) is 11.8. The number of anilines is 1. The molecule has 0 bridgehead atoms. The van der Waals surface area contributed by atoms with E-state index in [9.17, 15) is 4.21 Å². The summed E-state index contributed by atoms with van der Waals surface area (Å²) in [4.78, 5) is 8.58. The van der Waals surface area contributed by atoms with Crippen LogP contribution in [-0.2, 0) is 17.2 Å². The molecule has 5 heteroatoms. The number of hydrogen-bond acceptors (Lipinski definition) is 3. The van der Waals surface area contributed by atoms with E-state index in [2.05, 4.69) is 9.97 Å². The summed E-state index contributed by atoms with van der Waals surface area (Å²) in [5.74, 6) is 1.40. The summed E-state index contributed by atoms with van der Waals surface area (Å²) in [6, 6.07) is 13.4. The molecule has 0 amide bonds. The van der Waals surface area contributed by atoms with Crippen molar-refractivity contribution in [3.05, 3.63) is 53.9 Å². The van der Waals surface area contributed by atoms with E-state index in [-0.39, 0.29) is 0 Å². The minimum atomic E-state index is -1.00. The minimum Gasteiger partial charge on any atom is -0.399 e. The maximum atomic E-state index is 12.2. The largest absolute Gasteiger partial charge is 0.399 e. The topological polar surface area (TPSA) is 71.8 Å². The standard InChI is InChI=1S/C16H17N3OS/c1-11-2-5-13(6-3-11)21(20)9-8-16-18-14-7-4-12(17)10-15(14)19-16/h2-7,10H,8-9,17H2,1H3,(H,18,19). The van der Waals surface area contributed by atoms with Gasteiger partial charge in [0, 0.05) is 22.8 Å². The summed E-state index contributed by atoms with van der Waals surface area (Å²) in [6.07, 6.45) is 0.648. The molecular formula is C16H17N3OS. The van der Waals surface area contributed by atoms with Gasteiger partial charge in [-0.3, -0.25) is 4.21 Å². The Labute approximate surface area is 125 Å². The number of fused-ring (bicyclic) bond motifs is 1. The first kappa shape index (κ1) is 13.8. The van der Waals surface area contributed by atoms with Crippen LogP contribution in [0.15, 0.2) is 47.4 Å². The van der Waals surface area contributed by atoms with Crippen LogP contribution in [0, 0.1) is 6.92 Å². The van der Waals surface area contributed by atoms with Crippen molar-refractivity contribution in [2.24, 2.45) is 0 Å². The van der Waals surface area contributed by atoms with Crippen molar-refractivity contribution in [1.29, 1.82) is 0 Å². The number of nitrogens with two attached hydrogens (primary N) is 1. The number of H-pyrrole nitrogens is 1. The summed E-state index contributed by atoms with van der Waals surface area (Å²) in [7, 11) is -1.00. The lowest BCUT2D eigenvalue weighted by molar-refractivity contribution is 0.681. The van der Waals surface area contributed by atoms with Crippen molar-refractivity contribution in [3.8, 4) is 0 Å². The number of nitrogen functional groups attached to an aromatic ring is 1. The number of aromatic nitrogens is 2. The fraction of sp³-hybridized carbons (Fsp3) is 0.188. The van der Waals surface area contributed by atoms with Crippen LogP contribution in [0.3, 0.4) is 0 Å². The first-order valence-corrected chi connectivity index (χ1v) is 8.13. The molecule has 4 nitrogen and oxygen atoms in total. The number of nitrogens with zero attached hydrogens (tertiary/aromatic N) is 1. The monoisotopic (exact) mass is 299 g/mol. The van der Waals surface area contributed by atoms with Crippen LogP contribution in [0.25, 0.3) is 11.0 Å². The quantitative estimate of drug-likeness (QED) is 0.728. The first-order chi connectivity index (χ1) is 10.1. The van der Waals surface area contributed by atoms with E-state index in [0.29, 0.717) is 17.9 Å². The number of aromatic amines is 1. The summed E-state index contributed by atoms with van der Waals surface area (Å²) < 4.78 is 12.2. The second-order valence-corrected chi connectivity index (χ2v) is 6.64. The van der Waals surface area contributed by atoms with Gasteiger partial charge in [-0.15, -0.1) is 0 Å². The second-order valence-electron chi connectivity index (χ2n) is 5.07. The van der Waals surface area contributed by atoms with Crippen LogP contribution in [0.5, 0.6) is 0 Å². The maximum absolute atomic E-state index is 12.2. The smallest absolute Gasteiger partial charge is 0.108 e. The van der Waals surface area contributed by atoms with Crippen molar-refractivity contribution < 1.29 is 4.21 Å². The third kappa shape index (κ3) is 3.13. The number of rotatable bonds is 4. The van der Waals surface area contributed by atoms with Gasteiger partial charge in [0.15, 0.2) is 0 Å². The van der Waals surface area contributed by atoms with Crippen LogP contribution < -0.4 is 5.73 Å². The van der Waals surface area contributed by atoms with Crippen molar-refractivity contribution in [1.82, 2.24) is 9.97 Å². The summed E-state index contributed by atoms with van der Waals surface area (Å²) in [5.41, 5.74) is 9.44. The lowest BCUT2D eigenvalue weighted by Gasteiger charge is -2.01. The molecule has 3 rings (SSSR count). The fourth-order valence-electron chi connectivity index (χ4n) is 2.20. The molecule has 0 aliphatic rings. The average molecular weight is 299 g/mol. The predicted molar refractivity (Wildman–Crippen MR) is 86.7 cm³/mol. The van der Waals surface area contributed by atoms with Crippen molar-refractivity contribution in [3.63, 3.8) is 0 Å². The number of imidazole rings is 1. The Morgan fingerprint density at radius 3 is 2.71 bits per heavy atom. The molecule has 108 valence electrons. The van der Waals surface area contributed by atoms with Gasteiger partial charge >= 0.3 is 0 Å². The van der Waals surface area contributed by atoms with Gasteiger partial charge in [0.05, 0.1) is 21.8 Å². The lowest BCUT2D eigenvalue weighted by Crippen LogP contribution is -2.02. The van der Waals surface area contributed by atoms with E-state index < -0.39 is 10.8 Å². The van der Waals surface area contributed by atoms with E-state index >= 15 is 0 Å². The normalized spacial score (nSPS) is 12.6. The van der Waals surface area contributed by atoms with Crippen LogP contribution in [0.1, 0.15) is 11.4 Å². The van der Waals surface area contributed by atoms with E-state index in [1.54, 1.807) is 0 Å². The van der Waals surface area contributed by atoms with E-state index in [1.165, 1.54) is 5.56 Å². The molecule has 0 aliphatic carbocycles. The van der Waals surface area contributed by atoms with Gasteiger partial charge in [-0.2, -0.15) is 0 Å². The Kier molecular flexibility index (Phi) is 3.75. The highest BCUT2D eigenvalue weighted by Gasteiger charge is 2.07. The molecule has 0 spiro atoms. The van der Waals surface area contributed by atoms with Gasteiger partial charge in [-0.1, -0.05) is 17.7 Å². The summed E-state index contributed by atoms with van der Waals surface area (Å²) in [5, 5.41) is 0. The third-order valence-electron chi connectivity index (χ3n) is 3.36. The van der Waals surface area contributed by atoms with E-state index in [1.807, 2.05) is 49.4 Å². The Morgan fingerprint density at radius 1 is 1.19 bits per heavy atom. The third-order valence-corrected chi connectivity index (χ3v) is 4.74. The molecule has 2 aromatic carbocycles. The Bertz CT molecular complexity index is 793.